The van der Waals surface area contributed by atoms with E-state index in [-0.39, 0.29) is 5.91 Å². The van der Waals surface area contributed by atoms with Crippen LogP contribution >= 0.6 is 0 Å². The molecule has 0 N–H and O–H groups in total. The van der Waals surface area contributed by atoms with E-state index < -0.39 is 0 Å². The van der Waals surface area contributed by atoms with Gasteiger partial charge in [0.2, 0.25) is 5.91 Å². The number of carbonyl (C=O) groups excluding carboxylic acids is 1. The number of carbonyl (C=O) groups is 1. The zero-order valence-corrected chi connectivity index (χ0v) is 14.2. The molecule has 1 amide bonds. The molecule has 0 saturated carbocycles. The van der Waals surface area contributed by atoms with Crippen LogP contribution in [-0.2, 0) is 11.3 Å². The van der Waals surface area contributed by atoms with Gasteiger partial charge in [-0.2, -0.15) is 0 Å². The summed E-state index contributed by atoms with van der Waals surface area (Å²) in [4.78, 5) is 16.7. The van der Waals surface area contributed by atoms with Crippen LogP contribution < -0.4 is 0 Å². The van der Waals surface area contributed by atoms with Crippen molar-refractivity contribution in [3.63, 3.8) is 0 Å². The van der Waals surface area contributed by atoms with E-state index in [1.807, 2.05) is 55.1 Å². The number of allylic oxidation sites excluding steroid dienone is 1. The Bertz CT molecular complexity index is 713. The normalized spacial score (nSPS) is 16.4. The number of nitrogens with zero attached hydrogens (tertiary/aromatic N) is 3. The van der Waals surface area contributed by atoms with E-state index in [9.17, 15) is 4.79 Å². The molecule has 5 heteroatoms. The van der Waals surface area contributed by atoms with Crippen molar-refractivity contribution in [1.82, 2.24) is 15.0 Å². The van der Waals surface area contributed by atoms with Crippen molar-refractivity contribution < 1.29 is 9.32 Å². The largest absolute Gasteiger partial charge is 0.360 e. The number of rotatable bonds is 4. The monoisotopic (exact) mass is 325 g/mol. The molecule has 1 aromatic carbocycles. The van der Waals surface area contributed by atoms with Gasteiger partial charge in [0, 0.05) is 38.3 Å². The fraction of sp³-hybridized carbons (Fsp3) is 0.368. The summed E-state index contributed by atoms with van der Waals surface area (Å²) in [6.07, 6.45) is 1.74. The first-order chi connectivity index (χ1) is 11.6. The van der Waals surface area contributed by atoms with Gasteiger partial charge in [0.1, 0.15) is 0 Å². The number of hydrogen-bond acceptors (Lipinski definition) is 4. The lowest BCUT2D eigenvalue weighted by atomic mass is 10.1. The van der Waals surface area contributed by atoms with Crippen LogP contribution in [-0.4, -0.2) is 47.0 Å². The highest BCUT2D eigenvalue weighted by atomic mass is 16.5. The van der Waals surface area contributed by atoms with E-state index in [1.54, 1.807) is 6.08 Å². The van der Waals surface area contributed by atoms with E-state index >= 15 is 0 Å². The summed E-state index contributed by atoms with van der Waals surface area (Å²) in [5.41, 5.74) is 2.99. The quantitative estimate of drug-likeness (QED) is 0.811. The van der Waals surface area contributed by atoms with Crippen LogP contribution in [0, 0.1) is 6.92 Å². The van der Waals surface area contributed by atoms with Crippen LogP contribution in [0.5, 0.6) is 0 Å². The Morgan fingerprint density at radius 1 is 1.21 bits per heavy atom. The molecule has 2 aromatic rings. The molecule has 126 valence electrons. The maximum Gasteiger partial charge on any atom is 0.246 e. The summed E-state index contributed by atoms with van der Waals surface area (Å²) in [5.74, 6) is 0.971. The third-order valence-electron chi connectivity index (χ3n) is 4.31. The smallest absolute Gasteiger partial charge is 0.246 e. The molecular weight excluding hydrogens is 302 g/mol. The van der Waals surface area contributed by atoms with Crippen LogP contribution in [0.4, 0.5) is 0 Å². The third kappa shape index (κ3) is 4.11. The average Bonchev–Trinajstić information content (AvgIpc) is 3.01. The molecule has 1 aromatic heterocycles. The lowest BCUT2D eigenvalue weighted by Gasteiger charge is -2.33. The highest BCUT2D eigenvalue weighted by molar-refractivity contribution is 5.94. The first-order valence-electron chi connectivity index (χ1n) is 8.29. The molecule has 1 aliphatic rings. The van der Waals surface area contributed by atoms with Crippen molar-refractivity contribution in [2.24, 2.45) is 0 Å². The molecule has 1 saturated heterocycles. The number of aryl methyl sites for hydroxylation is 1. The van der Waals surface area contributed by atoms with Crippen LogP contribution in [0.25, 0.3) is 5.57 Å². The molecule has 24 heavy (non-hydrogen) atoms. The van der Waals surface area contributed by atoms with Gasteiger partial charge in [-0.1, -0.05) is 35.5 Å². The van der Waals surface area contributed by atoms with E-state index in [4.69, 9.17) is 4.52 Å². The van der Waals surface area contributed by atoms with Gasteiger partial charge in [0.25, 0.3) is 0 Å². The van der Waals surface area contributed by atoms with Gasteiger partial charge in [-0.25, -0.2) is 0 Å². The van der Waals surface area contributed by atoms with E-state index in [2.05, 4.69) is 10.1 Å². The summed E-state index contributed by atoms with van der Waals surface area (Å²) in [5, 5.41) is 3.91. The van der Waals surface area contributed by atoms with Gasteiger partial charge >= 0.3 is 0 Å². The Kier molecular flexibility index (Phi) is 5.11. The zero-order valence-electron chi connectivity index (χ0n) is 14.2. The fourth-order valence-corrected chi connectivity index (χ4v) is 2.90. The molecule has 2 heterocycles. The fourth-order valence-electron chi connectivity index (χ4n) is 2.90. The minimum Gasteiger partial charge on any atom is -0.360 e. The first kappa shape index (κ1) is 16.5. The highest BCUT2D eigenvalue weighted by Gasteiger charge is 2.21. The van der Waals surface area contributed by atoms with Gasteiger partial charge in [-0.15, -0.1) is 0 Å². The number of aromatic nitrogens is 1. The Morgan fingerprint density at radius 3 is 2.54 bits per heavy atom. The summed E-state index contributed by atoms with van der Waals surface area (Å²) in [6.45, 7) is 7.84. The molecule has 3 rings (SSSR count). The Hall–Kier alpha value is -2.40. The number of piperazine rings is 1. The summed E-state index contributed by atoms with van der Waals surface area (Å²) < 4.78 is 5.26. The molecule has 1 fully saturated rings. The van der Waals surface area contributed by atoms with E-state index in [0.717, 1.165) is 55.3 Å². The maximum atomic E-state index is 12.5. The maximum absolute atomic E-state index is 12.5. The number of hydrogen-bond donors (Lipinski definition) is 0. The lowest BCUT2D eigenvalue weighted by Crippen LogP contribution is -2.47. The van der Waals surface area contributed by atoms with Crippen molar-refractivity contribution in [3.8, 4) is 0 Å². The second-order valence-corrected chi connectivity index (χ2v) is 6.23. The van der Waals surface area contributed by atoms with E-state index in [1.165, 1.54) is 0 Å². The van der Waals surface area contributed by atoms with Gasteiger partial charge in [-0.05, 0) is 25.0 Å². The summed E-state index contributed by atoms with van der Waals surface area (Å²) in [7, 11) is 0. The van der Waals surface area contributed by atoms with Crippen LogP contribution in [0.2, 0.25) is 0 Å². The van der Waals surface area contributed by atoms with Gasteiger partial charge in [0.15, 0.2) is 5.76 Å². The van der Waals surface area contributed by atoms with Crippen LogP contribution in [0.15, 0.2) is 47.0 Å². The summed E-state index contributed by atoms with van der Waals surface area (Å²) >= 11 is 0. The number of benzene rings is 1. The average molecular weight is 325 g/mol. The molecule has 1 aliphatic heterocycles. The first-order valence-corrected chi connectivity index (χ1v) is 8.29. The van der Waals surface area contributed by atoms with Crippen molar-refractivity contribution in [2.45, 2.75) is 20.4 Å². The molecule has 0 radical (unpaired) electrons. The van der Waals surface area contributed by atoms with E-state index in [0.29, 0.717) is 0 Å². The van der Waals surface area contributed by atoms with Crippen molar-refractivity contribution >= 4 is 11.5 Å². The van der Waals surface area contributed by atoms with Gasteiger partial charge < -0.3 is 9.42 Å². The Morgan fingerprint density at radius 2 is 1.92 bits per heavy atom. The molecule has 0 aliphatic carbocycles. The van der Waals surface area contributed by atoms with Gasteiger partial charge in [0.05, 0.1) is 12.2 Å². The predicted octanol–water partition coefficient (Wildman–Crippen LogP) is 2.73. The van der Waals surface area contributed by atoms with Crippen molar-refractivity contribution in [2.75, 3.05) is 26.2 Å². The van der Waals surface area contributed by atoms with Crippen molar-refractivity contribution in [1.29, 1.82) is 0 Å². The van der Waals surface area contributed by atoms with Gasteiger partial charge in [-0.3, -0.25) is 9.69 Å². The van der Waals surface area contributed by atoms with Crippen LogP contribution in [0.3, 0.4) is 0 Å². The summed E-state index contributed by atoms with van der Waals surface area (Å²) in [6, 6.07) is 12.0. The molecule has 0 atom stereocenters. The highest BCUT2D eigenvalue weighted by Crippen LogP contribution is 2.14. The minimum absolute atomic E-state index is 0.0894. The second kappa shape index (κ2) is 7.45. The molecule has 5 nitrogen and oxygen atoms in total. The van der Waals surface area contributed by atoms with Crippen LogP contribution in [0.1, 0.15) is 23.9 Å². The Balaban J connectivity index is 1.53. The second-order valence-electron chi connectivity index (χ2n) is 6.23. The predicted molar refractivity (Wildman–Crippen MR) is 93.2 cm³/mol. The number of amides is 1. The minimum atomic E-state index is 0.0894. The standard InChI is InChI=1S/C19H23N3O2/c1-15(17-6-4-3-5-7-17)12-19(23)22-10-8-21(9-11-22)14-18-13-16(2)20-24-18/h3-7,12-13H,8-11,14H2,1-2H3/b15-12+. The molecule has 0 bridgehead atoms. The third-order valence-corrected chi connectivity index (χ3v) is 4.31. The Labute approximate surface area is 142 Å². The molecule has 0 unspecified atom stereocenters. The molecule has 0 spiro atoms. The SMILES string of the molecule is C/C(=C\C(=O)N1CCN(Cc2cc(C)no2)CC1)c1ccccc1. The van der Waals surface area contributed by atoms with Crippen molar-refractivity contribution in [3.05, 3.63) is 59.5 Å². The topological polar surface area (TPSA) is 49.6 Å². The molecular formula is C19H23N3O2. The zero-order chi connectivity index (χ0) is 16.9. The lowest BCUT2D eigenvalue weighted by molar-refractivity contribution is -0.127.